The summed E-state index contributed by atoms with van der Waals surface area (Å²) < 4.78 is 10.8. The predicted molar refractivity (Wildman–Crippen MR) is 124 cm³/mol. The molecule has 2 rings (SSSR count). The van der Waals surface area contributed by atoms with Crippen LogP contribution in [-0.4, -0.2) is 50.5 Å². The molecule has 1 aliphatic carbocycles. The molecule has 0 amide bonds. The summed E-state index contributed by atoms with van der Waals surface area (Å²) in [6.07, 6.45) is 10.5. The Balaban J connectivity index is 0.00000392. The van der Waals surface area contributed by atoms with Crippen molar-refractivity contribution in [2.45, 2.75) is 58.3 Å². The summed E-state index contributed by atoms with van der Waals surface area (Å²) >= 11 is 0. The van der Waals surface area contributed by atoms with Gasteiger partial charge in [-0.3, -0.25) is 4.99 Å². The lowest BCUT2D eigenvalue weighted by molar-refractivity contribution is 0.137. The molecule has 0 aromatic carbocycles. The third-order valence-corrected chi connectivity index (χ3v) is 5.33. The second-order valence-electron chi connectivity index (χ2n) is 7.43. The Morgan fingerprint density at radius 2 is 2.04 bits per heavy atom. The maximum atomic E-state index is 9.52. The fourth-order valence-corrected chi connectivity index (χ4v) is 3.73. The highest BCUT2D eigenvalue weighted by atomic mass is 127. The molecule has 28 heavy (non-hydrogen) atoms. The SMILES string of the molecule is CCOCCCNC(=NCC1(CCO)CCCCC1)NCCc1ccco1.I. The fraction of sp³-hybridized carbons (Fsp3) is 0.762. The van der Waals surface area contributed by atoms with Gasteiger partial charge < -0.3 is 24.9 Å². The van der Waals surface area contributed by atoms with Crippen LogP contribution in [0.4, 0.5) is 0 Å². The zero-order valence-corrected chi connectivity index (χ0v) is 19.6. The molecule has 1 aromatic heterocycles. The van der Waals surface area contributed by atoms with Crippen LogP contribution in [0, 0.1) is 5.41 Å². The molecule has 0 radical (unpaired) electrons. The van der Waals surface area contributed by atoms with Gasteiger partial charge in [0.15, 0.2) is 5.96 Å². The van der Waals surface area contributed by atoms with E-state index in [1.807, 2.05) is 19.1 Å². The first-order valence-electron chi connectivity index (χ1n) is 10.5. The Morgan fingerprint density at radius 3 is 2.71 bits per heavy atom. The number of halogens is 1. The number of nitrogens with zero attached hydrogens (tertiary/aromatic N) is 1. The largest absolute Gasteiger partial charge is 0.469 e. The van der Waals surface area contributed by atoms with Gasteiger partial charge in [-0.05, 0) is 50.2 Å². The number of furan rings is 1. The molecule has 7 heteroatoms. The molecule has 0 atom stereocenters. The first kappa shape index (κ1) is 25.2. The average Bonchev–Trinajstić information content (AvgIpc) is 3.20. The van der Waals surface area contributed by atoms with Gasteiger partial charge in [-0.2, -0.15) is 0 Å². The summed E-state index contributed by atoms with van der Waals surface area (Å²) in [6, 6.07) is 3.91. The number of hydrogen-bond acceptors (Lipinski definition) is 4. The normalized spacial score (nSPS) is 16.4. The van der Waals surface area contributed by atoms with Gasteiger partial charge in [0.2, 0.25) is 0 Å². The maximum absolute atomic E-state index is 9.52. The molecule has 0 bridgehead atoms. The highest BCUT2D eigenvalue weighted by molar-refractivity contribution is 14.0. The van der Waals surface area contributed by atoms with Crippen molar-refractivity contribution in [1.29, 1.82) is 0 Å². The van der Waals surface area contributed by atoms with Crippen LogP contribution in [0.1, 0.15) is 57.6 Å². The Morgan fingerprint density at radius 1 is 1.25 bits per heavy atom. The van der Waals surface area contributed by atoms with E-state index in [2.05, 4.69) is 10.6 Å². The fourth-order valence-electron chi connectivity index (χ4n) is 3.73. The first-order valence-corrected chi connectivity index (χ1v) is 10.5. The van der Waals surface area contributed by atoms with E-state index in [0.717, 1.165) is 63.8 Å². The molecule has 162 valence electrons. The number of nitrogens with one attached hydrogen (secondary N) is 2. The number of aliphatic hydroxyl groups excluding tert-OH is 1. The van der Waals surface area contributed by atoms with Gasteiger partial charge in [0, 0.05) is 45.9 Å². The Bertz CT molecular complexity index is 511. The summed E-state index contributed by atoms with van der Waals surface area (Å²) in [6.45, 7) is 6.16. The Hall–Kier alpha value is -0.800. The van der Waals surface area contributed by atoms with E-state index in [1.54, 1.807) is 6.26 Å². The third-order valence-electron chi connectivity index (χ3n) is 5.33. The third kappa shape index (κ3) is 9.60. The average molecular weight is 507 g/mol. The van der Waals surface area contributed by atoms with Crippen LogP contribution in [0.15, 0.2) is 27.8 Å². The van der Waals surface area contributed by atoms with Crippen LogP contribution in [-0.2, 0) is 11.2 Å². The second kappa shape index (κ2) is 15.1. The first-order chi connectivity index (χ1) is 13.3. The van der Waals surface area contributed by atoms with Crippen molar-refractivity contribution in [3.8, 4) is 0 Å². The molecule has 0 saturated heterocycles. The summed E-state index contributed by atoms with van der Waals surface area (Å²) in [5.41, 5.74) is 0.161. The van der Waals surface area contributed by atoms with Crippen molar-refractivity contribution >= 4 is 29.9 Å². The smallest absolute Gasteiger partial charge is 0.191 e. The molecule has 0 unspecified atom stereocenters. The van der Waals surface area contributed by atoms with Crippen molar-refractivity contribution in [1.82, 2.24) is 10.6 Å². The Kier molecular flexibility index (Phi) is 13.6. The topological polar surface area (TPSA) is 79.0 Å². The van der Waals surface area contributed by atoms with Crippen LogP contribution in [0.5, 0.6) is 0 Å². The molecule has 3 N–H and O–H groups in total. The van der Waals surface area contributed by atoms with Gasteiger partial charge in [-0.15, -0.1) is 24.0 Å². The van der Waals surface area contributed by atoms with Crippen molar-refractivity contribution in [2.75, 3.05) is 39.5 Å². The van der Waals surface area contributed by atoms with E-state index in [-0.39, 0.29) is 36.0 Å². The molecule has 1 aliphatic rings. The van der Waals surface area contributed by atoms with Crippen LogP contribution in [0.2, 0.25) is 0 Å². The minimum Gasteiger partial charge on any atom is -0.469 e. The second-order valence-corrected chi connectivity index (χ2v) is 7.43. The molecule has 0 aliphatic heterocycles. The lowest BCUT2D eigenvalue weighted by Gasteiger charge is -2.35. The molecule has 1 fully saturated rings. The highest BCUT2D eigenvalue weighted by Gasteiger charge is 2.31. The molecular weight excluding hydrogens is 469 g/mol. The Labute approximate surface area is 186 Å². The minimum absolute atomic E-state index is 0. The molecule has 1 aromatic rings. The van der Waals surface area contributed by atoms with Gasteiger partial charge in [0.05, 0.1) is 6.26 Å². The van der Waals surface area contributed by atoms with E-state index in [4.69, 9.17) is 14.1 Å². The van der Waals surface area contributed by atoms with E-state index < -0.39 is 0 Å². The monoisotopic (exact) mass is 507 g/mol. The van der Waals surface area contributed by atoms with E-state index >= 15 is 0 Å². The minimum atomic E-state index is 0. The van der Waals surface area contributed by atoms with Gasteiger partial charge in [-0.25, -0.2) is 0 Å². The zero-order valence-electron chi connectivity index (χ0n) is 17.3. The lowest BCUT2D eigenvalue weighted by atomic mass is 9.72. The van der Waals surface area contributed by atoms with Crippen LogP contribution in [0.3, 0.4) is 0 Å². The van der Waals surface area contributed by atoms with Gasteiger partial charge in [0.25, 0.3) is 0 Å². The van der Waals surface area contributed by atoms with E-state index in [1.165, 1.54) is 32.1 Å². The molecular formula is C21H38IN3O3. The molecule has 1 heterocycles. The van der Waals surface area contributed by atoms with Crippen LogP contribution < -0.4 is 10.6 Å². The van der Waals surface area contributed by atoms with E-state index in [9.17, 15) is 5.11 Å². The van der Waals surface area contributed by atoms with Crippen molar-refractivity contribution in [3.05, 3.63) is 24.2 Å². The number of rotatable bonds is 12. The quantitative estimate of drug-likeness (QED) is 0.174. The molecule has 0 spiro atoms. The number of ether oxygens (including phenoxy) is 1. The van der Waals surface area contributed by atoms with Crippen molar-refractivity contribution in [3.63, 3.8) is 0 Å². The highest BCUT2D eigenvalue weighted by Crippen LogP contribution is 2.39. The van der Waals surface area contributed by atoms with Crippen LogP contribution >= 0.6 is 24.0 Å². The lowest BCUT2D eigenvalue weighted by Crippen LogP contribution is -2.40. The van der Waals surface area contributed by atoms with Gasteiger partial charge >= 0.3 is 0 Å². The zero-order chi connectivity index (χ0) is 19.2. The number of guanidine groups is 1. The molecule has 6 nitrogen and oxygen atoms in total. The number of hydrogen-bond donors (Lipinski definition) is 3. The standard InChI is InChI=1S/C21H37N3O3.HI/c1-2-26-16-7-13-22-20(23-14-9-19-8-6-17-27-19)24-18-21(12-15-25)10-4-3-5-11-21;/h6,8,17,25H,2-5,7,9-16,18H2,1H3,(H2,22,23,24);1H. The molecule has 1 saturated carbocycles. The maximum Gasteiger partial charge on any atom is 0.191 e. The summed E-state index contributed by atoms with van der Waals surface area (Å²) in [5.74, 6) is 1.82. The van der Waals surface area contributed by atoms with Crippen molar-refractivity contribution < 1.29 is 14.3 Å². The summed E-state index contributed by atoms with van der Waals surface area (Å²) in [5, 5.41) is 16.4. The number of aliphatic imine (C=N–C) groups is 1. The van der Waals surface area contributed by atoms with Crippen LogP contribution in [0.25, 0.3) is 0 Å². The van der Waals surface area contributed by atoms with Gasteiger partial charge in [-0.1, -0.05) is 19.3 Å². The number of aliphatic hydroxyl groups is 1. The predicted octanol–water partition coefficient (Wildman–Crippen LogP) is 3.73. The summed E-state index contributed by atoms with van der Waals surface area (Å²) in [7, 11) is 0. The van der Waals surface area contributed by atoms with E-state index in [0.29, 0.717) is 0 Å². The van der Waals surface area contributed by atoms with Gasteiger partial charge in [0.1, 0.15) is 5.76 Å². The summed E-state index contributed by atoms with van der Waals surface area (Å²) in [4.78, 5) is 4.89. The van der Waals surface area contributed by atoms with Crippen molar-refractivity contribution in [2.24, 2.45) is 10.4 Å².